The van der Waals surface area contributed by atoms with Crippen LogP contribution in [0.5, 0.6) is 0 Å². The molecule has 136 valence electrons. The molecule has 1 atom stereocenters. The molecule has 3 rings (SSSR count). The van der Waals surface area contributed by atoms with Crippen LogP contribution in [0.1, 0.15) is 60.8 Å². The minimum Gasteiger partial charge on any atom is -0.352 e. The second-order valence-electron chi connectivity index (χ2n) is 7.04. The van der Waals surface area contributed by atoms with E-state index in [-0.39, 0.29) is 5.91 Å². The van der Waals surface area contributed by atoms with Crippen molar-refractivity contribution in [2.75, 3.05) is 19.6 Å². The van der Waals surface area contributed by atoms with E-state index in [4.69, 9.17) is 0 Å². The van der Waals surface area contributed by atoms with Gasteiger partial charge in [-0.05, 0) is 52.1 Å². The van der Waals surface area contributed by atoms with Crippen LogP contribution in [0, 0.1) is 13.8 Å². The highest BCUT2D eigenvalue weighted by Gasteiger charge is 2.20. The Morgan fingerprint density at radius 2 is 2.20 bits per heavy atom. The normalized spacial score (nSPS) is 18.6. The fourth-order valence-corrected chi connectivity index (χ4v) is 3.83. The Bertz CT molecular complexity index is 739. The molecule has 6 heteroatoms. The average Bonchev–Trinajstić information content (AvgIpc) is 3.03. The number of rotatable bonds is 6. The van der Waals surface area contributed by atoms with Gasteiger partial charge in [-0.3, -0.25) is 4.79 Å². The molecule has 1 N–H and O–H groups in total. The second-order valence-corrected chi connectivity index (χ2v) is 7.04. The third-order valence-electron chi connectivity index (χ3n) is 5.15. The molecule has 6 nitrogen and oxygen atoms in total. The highest BCUT2D eigenvalue weighted by molar-refractivity contribution is 5.99. The van der Waals surface area contributed by atoms with Crippen LogP contribution < -0.4 is 5.32 Å². The molecule has 1 unspecified atom stereocenters. The van der Waals surface area contributed by atoms with Crippen LogP contribution in [0.25, 0.3) is 5.65 Å². The monoisotopic (exact) mass is 343 g/mol. The van der Waals surface area contributed by atoms with E-state index in [1.54, 1.807) is 10.7 Å². The minimum absolute atomic E-state index is 0.0850. The van der Waals surface area contributed by atoms with Crippen molar-refractivity contribution in [1.82, 2.24) is 24.8 Å². The summed E-state index contributed by atoms with van der Waals surface area (Å²) in [6, 6.07) is 2.68. The van der Waals surface area contributed by atoms with Gasteiger partial charge < -0.3 is 10.2 Å². The van der Waals surface area contributed by atoms with E-state index in [2.05, 4.69) is 27.2 Å². The zero-order valence-corrected chi connectivity index (χ0v) is 15.6. The summed E-state index contributed by atoms with van der Waals surface area (Å²) in [6.07, 6.45) is 7.78. The van der Waals surface area contributed by atoms with E-state index in [1.165, 1.54) is 32.2 Å². The second kappa shape index (κ2) is 7.95. The smallest absolute Gasteiger partial charge is 0.256 e. The number of nitrogens with one attached hydrogen (secondary N) is 1. The molecule has 0 spiro atoms. The molecule has 2 aromatic rings. The number of aryl methyl sites for hydroxylation is 2. The molecule has 2 aromatic heterocycles. The van der Waals surface area contributed by atoms with Crippen LogP contribution in [0.3, 0.4) is 0 Å². The Kier molecular flexibility index (Phi) is 5.68. The van der Waals surface area contributed by atoms with Gasteiger partial charge >= 0.3 is 0 Å². The maximum Gasteiger partial charge on any atom is 0.256 e. The standard InChI is InChI=1S/C19H29N5O/c1-4-16-8-5-6-10-23(16)11-7-9-20-19(25)17-13-21-24-15(3)12-14(2)22-18(17)24/h12-13,16H,4-11H2,1-3H3,(H,20,25). The fraction of sp³-hybridized carbons (Fsp3) is 0.632. The quantitative estimate of drug-likeness (QED) is 0.819. The molecular formula is C19H29N5O. The van der Waals surface area contributed by atoms with Crippen LogP contribution in [-0.4, -0.2) is 51.1 Å². The van der Waals surface area contributed by atoms with Crippen molar-refractivity contribution in [1.29, 1.82) is 0 Å². The summed E-state index contributed by atoms with van der Waals surface area (Å²) in [5, 5.41) is 7.32. The van der Waals surface area contributed by atoms with Gasteiger partial charge in [-0.15, -0.1) is 0 Å². The van der Waals surface area contributed by atoms with E-state index in [1.807, 2.05) is 19.9 Å². The van der Waals surface area contributed by atoms with Crippen molar-refractivity contribution in [2.45, 2.75) is 58.9 Å². The number of fused-ring (bicyclic) bond motifs is 1. The van der Waals surface area contributed by atoms with Gasteiger partial charge in [0.1, 0.15) is 5.56 Å². The first kappa shape index (κ1) is 17.9. The Balaban J connectivity index is 1.55. The predicted molar refractivity (Wildman–Crippen MR) is 98.9 cm³/mol. The first-order valence-electron chi connectivity index (χ1n) is 9.44. The molecule has 0 saturated carbocycles. The van der Waals surface area contributed by atoms with E-state index in [0.717, 1.165) is 30.4 Å². The van der Waals surface area contributed by atoms with Gasteiger partial charge in [-0.25, -0.2) is 9.50 Å². The summed E-state index contributed by atoms with van der Waals surface area (Å²) in [6.45, 7) is 9.12. The van der Waals surface area contributed by atoms with E-state index in [9.17, 15) is 4.79 Å². The predicted octanol–water partition coefficient (Wildman–Crippen LogP) is 2.73. The number of amides is 1. The summed E-state index contributed by atoms with van der Waals surface area (Å²) in [4.78, 5) is 19.6. The Morgan fingerprint density at radius 1 is 1.36 bits per heavy atom. The van der Waals surface area contributed by atoms with Gasteiger partial charge in [0.15, 0.2) is 5.65 Å². The van der Waals surface area contributed by atoms with Crippen molar-refractivity contribution in [3.63, 3.8) is 0 Å². The molecule has 0 aliphatic carbocycles. The van der Waals surface area contributed by atoms with Gasteiger partial charge in [0, 0.05) is 30.5 Å². The van der Waals surface area contributed by atoms with E-state index < -0.39 is 0 Å². The fourth-order valence-electron chi connectivity index (χ4n) is 3.83. The number of likely N-dealkylation sites (tertiary alicyclic amines) is 1. The third-order valence-corrected chi connectivity index (χ3v) is 5.15. The molecule has 1 aliphatic rings. The Labute approximate surface area is 149 Å². The number of piperidine rings is 1. The van der Waals surface area contributed by atoms with Crippen molar-refractivity contribution in [3.8, 4) is 0 Å². The molecule has 3 heterocycles. The molecule has 1 fully saturated rings. The highest BCUT2D eigenvalue weighted by Crippen LogP contribution is 2.19. The summed E-state index contributed by atoms with van der Waals surface area (Å²) < 4.78 is 1.72. The molecular weight excluding hydrogens is 314 g/mol. The lowest BCUT2D eigenvalue weighted by atomic mass is 10.00. The number of carbonyl (C=O) groups excluding carboxylic acids is 1. The first-order valence-corrected chi connectivity index (χ1v) is 9.44. The van der Waals surface area contributed by atoms with E-state index >= 15 is 0 Å². The molecule has 1 aliphatic heterocycles. The third kappa shape index (κ3) is 4.00. The molecule has 0 radical (unpaired) electrons. The lowest BCUT2D eigenvalue weighted by Gasteiger charge is -2.35. The summed E-state index contributed by atoms with van der Waals surface area (Å²) >= 11 is 0. The van der Waals surface area contributed by atoms with Crippen molar-refractivity contribution >= 4 is 11.6 Å². The van der Waals surface area contributed by atoms with Crippen molar-refractivity contribution in [3.05, 3.63) is 29.2 Å². The maximum absolute atomic E-state index is 12.5. The van der Waals surface area contributed by atoms with Gasteiger partial charge in [0.05, 0.1) is 6.20 Å². The lowest BCUT2D eigenvalue weighted by molar-refractivity contribution is 0.0949. The number of carbonyl (C=O) groups is 1. The molecule has 1 amide bonds. The Hall–Kier alpha value is -1.95. The number of hydrogen-bond acceptors (Lipinski definition) is 4. The molecule has 25 heavy (non-hydrogen) atoms. The van der Waals surface area contributed by atoms with Crippen LogP contribution in [-0.2, 0) is 0 Å². The molecule has 0 aromatic carbocycles. The van der Waals surface area contributed by atoms with Crippen molar-refractivity contribution in [2.24, 2.45) is 0 Å². The van der Waals surface area contributed by atoms with Gasteiger partial charge in [-0.2, -0.15) is 5.10 Å². The summed E-state index contributed by atoms with van der Waals surface area (Å²) in [7, 11) is 0. The van der Waals surface area contributed by atoms with Crippen LogP contribution >= 0.6 is 0 Å². The topological polar surface area (TPSA) is 62.5 Å². The van der Waals surface area contributed by atoms with E-state index in [0.29, 0.717) is 17.8 Å². The van der Waals surface area contributed by atoms with Crippen LogP contribution in [0.2, 0.25) is 0 Å². The van der Waals surface area contributed by atoms with Gasteiger partial charge in [-0.1, -0.05) is 13.3 Å². The SMILES string of the molecule is CCC1CCCCN1CCCNC(=O)c1cnn2c(C)cc(C)nc12. The van der Waals surface area contributed by atoms with Gasteiger partial charge in [0.25, 0.3) is 5.91 Å². The zero-order valence-electron chi connectivity index (χ0n) is 15.6. The maximum atomic E-state index is 12.5. The number of aromatic nitrogens is 3. The largest absolute Gasteiger partial charge is 0.352 e. The lowest BCUT2D eigenvalue weighted by Crippen LogP contribution is -2.40. The van der Waals surface area contributed by atoms with Crippen LogP contribution in [0.15, 0.2) is 12.3 Å². The van der Waals surface area contributed by atoms with Crippen molar-refractivity contribution < 1.29 is 4.79 Å². The van der Waals surface area contributed by atoms with Crippen LogP contribution in [0.4, 0.5) is 0 Å². The number of nitrogens with zero attached hydrogens (tertiary/aromatic N) is 4. The summed E-state index contributed by atoms with van der Waals surface area (Å²) in [5.41, 5.74) is 3.07. The molecule has 0 bridgehead atoms. The van der Waals surface area contributed by atoms with Gasteiger partial charge in [0.2, 0.25) is 0 Å². The average molecular weight is 343 g/mol. The Morgan fingerprint density at radius 3 is 3.00 bits per heavy atom. The highest BCUT2D eigenvalue weighted by atomic mass is 16.1. The first-order chi connectivity index (χ1) is 12.1. The zero-order chi connectivity index (χ0) is 17.8. The molecule has 1 saturated heterocycles. The summed E-state index contributed by atoms with van der Waals surface area (Å²) in [5.74, 6) is -0.0850. The number of hydrogen-bond donors (Lipinski definition) is 1. The minimum atomic E-state index is -0.0850.